The SMILES string of the molecule is CC[C@H](C)[C@H](NC(=O)[C@H](Cc1c[nH]cn1)NC(=O)[C@H](CC(N)=O)NC(=O)CNC(=O)[C@@H]1CCCN1)C(=O)O. The van der Waals surface area contributed by atoms with Crippen LogP contribution in [0.2, 0.25) is 0 Å². The first-order valence-corrected chi connectivity index (χ1v) is 12.4. The van der Waals surface area contributed by atoms with Gasteiger partial charge in [0.05, 0.1) is 31.0 Å². The van der Waals surface area contributed by atoms with Crippen molar-refractivity contribution in [2.24, 2.45) is 11.7 Å². The molecule has 5 atom stereocenters. The lowest BCUT2D eigenvalue weighted by atomic mass is 9.98. The highest BCUT2D eigenvalue weighted by molar-refractivity contribution is 5.96. The molecule has 15 nitrogen and oxygen atoms in total. The predicted octanol–water partition coefficient (Wildman–Crippen LogP) is -2.72. The van der Waals surface area contributed by atoms with Crippen LogP contribution in [0.3, 0.4) is 0 Å². The quantitative estimate of drug-likeness (QED) is 0.116. The van der Waals surface area contributed by atoms with Crippen LogP contribution in [0, 0.1) is 5.92 Å². The van der Waals surface area contributed by atoms with Crippen molar-refractivity contribution in [2.45, 2.75) is 70.1 Å². The van der Waals surface area contributed by atoms with E-state index in [-0.39, 0.29) is 12.3 Å². The first-order valence-electron chi connectivity index (χ1n) is 12.4. The van der Waals surface area contributed by atoms with Gasteiger partial charge in [-0.2, -0.15) is 0 Å². The van der Waals surface area contributed by atoms with Gasteiger partial charge in [0.1, 0.15) is 18.1 Å². The van der Waals surface area contributed by atoms with Gasteiger partial charge < -0.3 is 42.4 Å². The van der Waals surface area contributed by atoms with E-state index in [0.717, 1.165) is 6.42 Å². The number of nitrogens with one attached hydrogen (secondary N) is 6. The molecule has 15 heteroatoms. The van der Waals surface area contributed by atoms with E-state index in [4.69, 9.17) is 5.73 Å². The lowest BCUT2D eigenvalue weighted by Gasteiger charge is -2.25. The molecule has 1 saturated heterocycles. The smallest absolute Gasteiger partial charge is 0.326 e. The van der Waals surface area contributed by atoms with E-state index in [1.807, 2.05) is 0 Å². The second-order valence-corrected chi connectivity index (χ2v) is 9.19. The number of hydrogen-bond acceptors (Lipinski definition) is 8. The monoisotopic (exact) mass is 536 g/mol. The molecule has 0 spiro atoms. The number of nitrogens with zero attached hydrogens (tertiary/aromatic N) is 1. The van der Waals surface area contributed by atoms with Gasteiger partial charge in [0.15, 0.2) is 0 Å². The number of imidazole rings is 1. The molecule has 2 heterocycles. The van der Waals surface area contributed by atoms with Crippen molar-refractivity contribution in [3.05, 3.63) is 18.2 Å². The lowest BCUT2D eigenvalue weighted by Crippen LogP contribution is -2.58. The third kappa shape index (κ3) is 9.46. The van der Waals surface area contributed by atoms with Crippen LogP contribution in [0.25, 0.3) is 0 Å². The molecule has 0 unspecified atom stereocenters. The van der Waals surface area contributed by atoms with Crippen LogP contribution in [-0.4, -0.2) is 87.8 Å². The molecular weight excluding hydrogens is 500 g/mol. The molecule has 1 aliphatic heterocycles. The molecule has 38 heavy (non-hydrogen) atoms. The first-order chi connectivity index (χ1) is 18.0. The number of primary amides is 1. The number of aliphatic carboxylic acids is 1. The summed E-state index contributed by atoms with van der Waals surface area (Å²) >= 11 is 0. The third-order valence-electron chi connectivity index (χ3n) is 6.23. The van der Waals surface area contributed by atoms with Crippen molar-refractivity contribution in [1.29, 1.82) is 0 Å². The molecule has 1 fully saturated rings. The molecule has 0 aromatic carbocycles. The van der Waals surface area contributed by atoms with Crippen LogP contribution >= 0.6 is 0 Å². The van der Waals surface area contributed by atoms with Crippen LogP contribution in [0.5, 0.6) is 0 Å². The molecule has 9 N–H and O–H groups in total. The number of aromatic amines is 1. The Morgan fingerprint density at radius 3 is 2.39 bits per heavy atom. The number of carbonyl (C=O) groups excluding carboxylic acids is 5. The number of hydrogen-bond donors (Lipinski definition) is 8. The first kappa shape index (κ1) is 30.2. The Labute approximate surface area is 219 Å². The minimum absolute atomic E-state index is 0.102. The highest BCUT2D eigenvalue weighted by Crippen LogP contribution is 2.10. The van der Waals surface area contributed by atoms with Crippen molar-refractivity contribution in [3.8, 4) is 0 Å². The third-order valence-corrected chi connectivity index (χ3v) is 6.23. The Morgan fingerprint density at radius 2 is 1.84 bits per heavy atom. The van der Waals surface area contributed by atoms with Crippen molar-refractivity contribution in [3.63, 3.8) is 0 Å². The average Bonchev–Trinajstić information content (AvgIpc) is 3.58. The van der Waals surface area contributed by atoms with Crippen LogP contribution in [-0.2, 0) is 35.2 Å². The van der Waals surface area contributed by atoms with E-state index in [9.17, 15) is 33.9 Å². The Morgan fingerprint density at radius 1 is 1.13 bits per heavy atom. The zero-order valence-electron chi connectivity index (χ0n) is 21.4. The molecule has 2 rings (SSSR count). The van der Waals surface area contributed by atoms with Crippen molar-refractivity contribution in [2.75, 3.05) is 13.1 Å². The maximum atomic E-state index is 13.1. The maximum Gasteiger partial charge on any atom is 0.326 e. The van der Waals surface area contributed by atoms with Gasteiger partial charge in [-0.1, -0.05) is 20.3 Å². The minimum atomic E-state index is -1.44. The van der Waals surface area contributed by atoms with Gasteiger partial charge in [0.2, 0.25) is 29.5 Å². The number of carboxylic acids is 1. The molecule has 1 aromatic heterocycles. The van der Waals surface area contributed by atoms with E-state index in [1.165, 1.54) is 12.5 Å². The zero-order chi connectivity index (χ0) is 28.2. The Hall–Kier alpha value is -4.01. The van der Waals surface area contributed by atoms with E-state index >= 15 is 0 Å². The number of rotatable bonds is 15. The highest BCUT2D eigenvalue weighted by atomic mass is 16.4. The van der Waals surface area contributed by atoms with E-state index < -0.39 is 72.6 Å². The molecule has 5 amide bonds. The number of carbonyl (C=O) groups is 6. The summed E-state index contributed by atoms with van der Waals surface area (Å²) in [5.74, 6) is -5.30. The fourth-order valence-corrected chi connectivity index (χ4v) is 3.88. The number of carboxylic acid groups (broad SMARTS) is 1. The highest BCUT2D eigenvalue weighted by Gasteiger charge is 2.32. The second kappa shape index (κ2) is 14.7. The van der Waals surface area contributed by atoms with Gasteiger partial charge >= 0.3 is 5.97 Å². The Balaban J connectivity index is 2.10. The lowest BCUT2D eigenvalue weighted by molar-refractivity contribution is -0.144. The molecule has 0 bridgehead atoms. The summed E-state index contributed by atoms with van der Waals surface area (Å²) in [6, 6.07) is -4.33. The maximum absolute atomic E-state index is 13.1. The normalized spacial score (nSPS) is 17.9. The largest absolute Gasteiger partial charge is 0.480 e. The molecule has 1 aliphatic rings. The Kier molecular flexibility index (Phi) is 11.7. The number of aromatic nitrogens is 2. The fourth-order valence-electron chi connectivity index (χ4n) is 3.88. The van der Waals surface area contributed by atoms with Gasteiger partial charge in [-0.05, 0) is 25.3 Å². The molecule has 0 aliphatic carbocycles. The van der Waals surface area contributed by atoms with E-state index in [2.05, 4.69) is 36.6 Å². The summed E-state index contributed by atoms with van der Waals surface area (Å²) in [7, 11) is 0. The summed E-state index contributed by atoms with van der Waals surface area (Å²) in [5.41, 5.74) is 5.66. The molecule has 0 saturated carbocycles. The predicted molar refractivity (Wildman–Crippen MR) is 133 cm³/mol. The van der Waals surface area contributed by atoms with Crippen LogP contribution in [0.4, 0.5) is 0 Å². The zero-order valence-corrected chi connectivity index (χ0v) is 21.4. The van der Waals surface area contributed by atoms with Gasteiger partial charge in [0, 0.05) is 12.6 Å². The summed E-state index contributed by atoms with van der Waals surface area (Å²) in [6.45, 7) is 3.70. The van der Waals surface area contributed by atoms with Crippen LogP contribution in [0.15, 0.2) is 12.5 Å². The van der Waals surface area contributed by atoms with Crippen molar-refractivity contribution >= 4 is 35.5 Å². The van der Waals surface area contributed by atoms with Gasteiger partial charge in [-0.15, -0.1) is 0 Å². The number of H-pyrrole nitrogens is 1. The molecule has 0 radical (unpaired) electrons. The summed E-state index contributed by atoms with van der Waals surface area (Å²) in [4.78, 5) is 80.7. The van der Waals surface area contributed by atoms with Crippen molar-refractivity contribution in [1.82, 2.24) is 36.6 Å². The Bertz CT molecular complexity index is 994. The number of nitrogens with two attached hydrogens (primary N) is 1. The summed E-state index contributed by atoms with van der Waals surface area (Å²) in [5, 5.41) is 22.2. The van der Waals surface area contributed by atoms with Crippen LogP contribution < -0.4 is 32.3 Å². The van der Waals surface area contributed by atoms with E-state index in [1.54, 1.807) is 13.8 Å². The second-order valence-electron chi connectivity index (χ2n) is 9.19. The number of amides is 5. The summed E-state index contributed by atoms with van der Waals surface area (Å²) < 4.78 is 0. The fraction of sp³-hybridized carbons (Fsp3) is 0.609. The molecule has 210 valence electrons. The average molecular weight is 537 g/mol. The van der Waals surface area contributed by atoms with Crippen molar-refractivity contribution < 1.29 is 33.9 Å². The van der Waals surface area contributed by atoms with Gasteiger partial charge in [-0.25, -0.2) is 9.78 Å². The molecule has 1 aromatic rings. The standard InChI is InChI=1S/C23H36N8O7/c1-3-12(2)19(23(37)38)31-22(36)15(7-13-9-25-11-28-13)30-21(35)16(8-17(24)32)29-18(33)10-27-20(34)14-5-4-6-26-14/h9,11-12,14-16,19,26H,3-8,10H2,1-2H3,(H2,24,32)(H,25,28)(H,27,34)(H,29,33)(H,30,35)(H,31,36)(H,37,38)/t12-,14-,15-,16-,19-/m0/s1. The minimum Gasteiger partial charge on any atom is -0.480 e. The topological polar surface area (TPSA) is 237 Å². The van der Waals surface area contributed by atoms with Gasteiger partial charge in [-0.3, -0.25) is 24.0 Å². The molecular formula is C23H36N8O7. The summed E-state index contributed by atoms with van der Waals surface area (Å²) in [6.07, 6.45) is 4.15. The van der Waals surface area contributed by atoms with Gasteiger partial charge in [0.25, 0.3) is 0 Å². The van der Waals surface area contributed by atoms with E-state index in [0.29, 0.717) is 25.1 Å². The van der Waals surface area contributed by atoms with Crippen LogP contribution in [0.1, 0.15) is 45.2 Å².